The first-order chi connectivity index (χ1) is 70.9. The Labute approximate surface area is 858 Å². The lowest BCUT2D eigenvalue weighted by molar-refractivity contribution is -0.345. The van der Waals surface area contributed by atoms with Crippen LogP contribution in [0, 0.1) is 0 Å². The number of fused-ring (bicyclic) bond motifs is 1. The Balaban J connectivity index is 0.0000192. The van der Waals surface area contributed by atoms with Crippen LogP contribution in [0.5, 0.6) is 0 Å². The van der Waals surface area contributed by atoms with E-state index in [4.69, 9.17) is 98.2 Å². The van der Waals surface area contributed by atoms with Gasteiger partial charge in [-0.1, -0.05) is 316 Å². The lowest BCUT2D eigenvalue weighted by atomic mass is 9.92. The highest BCUT2D eigenvalue weighted by Crippen LogP contribution is 2.57. The summed E-state index contributed by atoms with van der Waals surface area (Å²) < 4.78 is 172. The third-order valence-corrected chi connectivity index (χ3v) is 27.6. The summed E-state index contributed by atoms with van der Waals surface area (Å²) in [5.74, 6) is -9.21. The molecule has 3 fully saturated rings. The molecule has 9 aromatic rings. The van der Waals surface area contributed by atoms with Crippen molar-refractivity contribution in [1.82, 2.24) is 10.6 Å². The SMILES string of the molecule is C.CCC(=O)O[C@H](CC)CC(=O)NC1[C@@H](OP(=O)(OCc2ccccc2)OCc2ccccc2)OC(CO[C@@H]2OC(CO[C@]3(C(=O)OCc4ccccc4)C[C@@H](O)[C@@H](O)C([C@@H](COCc4ccccc4)OCc4ccccc4)O3)[C@@H](OP3(=O)OCc4ccccc4CO3)[C@H](OC(=O)C[C@@H](CC)OCc3ccccc3)C2NC(=O)C[C@@H](CC)OC(=O)CC)[C@@H](OCc2ccccc2)[C@@H]1OC(=O)C[C@@H](CC)OCc1ccccc1. The number of carbonyl (C=O) groups is 7. The monoisotopic (exact) mass is 2070 g/mol. The van der Waals surface area contributed by atoms with Crippen LogP contribution < -0.4 is 10.6 Å². The number of hydrogen-bond donors (Lipinski definition) is 4. The van der Waals surface area contributed by atoms with Crippen molar-refractivity contribution in [2.45, 2.75) is 302 Å². The van der Waals surface area contributed by atoms with Crippen molar-refractivity contribution >= 4 is 57.3 Å². The van der Waals surface area contributed by atoms with E-state index in [0.717, 1.165) is 16.7 Å². The van der Waals surface area contributed by atoms with E-state index in [1.807, 2.05) is 104 Å². The normalized spacial score (nSPS) is 22.7. The van der Waals surface area contributed by atoms with E-state index in [-0.39, 0.29) is 85.6 Å². The van der Waals surface area contributed by atoms with Crippen molar-refractivity contribution in [1.29, 1.82) is 0 Å². The van der Waals surface area contributed by atoms with Gasteiger partial charge in [-0.25, -0.2) is 13.9 Å². The van der Waals surface area contributed by atoms with Gasteiger partial charge >= 0.3 is 45.5 Å². The fourth-order valence-corrected chi connectivity index (χ4v) is 19.3. The van der Waals surface area contributed by atoms with Crippen molar-refractivity contribution in [2.75, 3.05) is 19.8 Å². The molecule has 0 radical (unpaired) electrons. The third-order valence-electron chi connectivity index (χ3n) is 24.9. The molecule has 4 aliphatic heterocycles. The Morgan fingerprint density at radius 2 is 0.810 bits per heavy atom. The van der Waals surface area contributed by atoms with Crippen LogP contribution >= 0.6 is 15.6 Å². The van der Waals surface area contributed by atoms with E-state index in [0.29, 0.717) is 38.9 Å². The summed E-state index contributed by atoms with van der Waals surface area (Å²) in [6.07, 6.45) is -29.5. The Morgan fingerprint density at radius 3 is 1.24 bits per heavy atom. The second-order valence-electron chi connectivity index (χ2n) is 35.7. The number of ether oxygens (including phenoxy) is 15. The molecule has 3 saturated heterocycles. The maximum Gasteiger partial charge on any atom is 0.477 e. The van der Waals surface area contributed by atoms with Gasteiger partial charge in [-0.3, -0.25) is 55.9 Å². The summed E-state index contributed by atoms with van der Waals surface area (Å²) in [6.45, 7) is 5.25. The molecule has 0 spiro atoms. The van der Waals surface area contributed by atoms with Crippen LogP contribution in [0.3, 0.4) is 0 Å². The number of nitrogens with one attached hydrogen (secondary N) is 2. The Kier molecular flexibility index (Phi) is 45.9. The van der Waals surface area contributed by atoms with Crippen molar-refractivity contribution in [2.24, 2.45) is 0 Å². The lowest BCUT2D eigenvalue weighted by Crippen LogP contribution is -2.69. The van der Waals surface area contributed by atoms with E-state index in [2.05, 4.69) is 10.6 Å². The number of aliphatic hydroxyl groups excluding tert-OH is 2. The van der Waals surface area contributed by atoms with Gasteiger partial charge < -0.3 is 91.9 Å². The van der Waals surface area contributed by atoms with Gasteiger partial charge in [0.25, 0.3) is 5.79 Å². The molecule has 2 amide bonds. The van der Waals surface area contributed by atoms with Crippen molar-refractivity contribution in [3.63, 3.8) is 0 Å². The van der Waals surface area contributed by atoms with E-state index >= 15 is 33.1 Å². The third kappa shape index (κ3) is 35.3. The molecule has 5 unspecified atom stereocenters. The molecular formula is C111H136N2O32P2. The number of hydrogen-bond acceptors (Lipinski definition) is 32. The van der Waals surface area contributed by atoms with Gasteiger partial charge in [0.05, 0.1) is 123 Å². The van der Waals surface area contributed by atoms with Gasteiger partial charge in [-0.15, -0.1) is 0 Å². The van der Waals surface area contributed by atoms with Crippen LogP contribution in [0.1, 0.15) is 175 Å². The summed E-state index contributed by atoms with van der Waals surface area (Å²) in [5.41, 5.74) is 6.01. The van der Waals surface area contributed by atoms with Gasteiger partial charge in [-0.2, -0.15) is 0 Å². The fourth-order valence-electron chi connectivity index (χ4n) is 16.7. The number of rotatable bonds is 56. The minimum absolute atomic E-state index is 0. The van der Waals surface area contributed by atoms with Crippen LogP contribution in [0.2, 0.25) is 0 Å². The zero-order valence-corrected chi connectivity index (χ0v) is 84.6. The predicted octanol–water partition coefficient (Wildman–Crippen LogP) is 17.1. The van der Waals surface area contributed by atoms with E-state index in [1.54, 1.807) is 204 Å². The van der Waals surface area contributed by atoms with E-state index in [9.17, 15) is 19.8 Å². The molecule has 4 N–H and O–H groups in total. The molecule has 19 atom stereocenters. The van der Waals surface area contributed by atoms with Gasteiger partial charge in [0, 0.05) is 19.3 Å². The molecule has 36 heteroatoms. The maximum atomic E-state index is 16.4. The number of benzene rings is 9. The van der Waals surface area contributed by atoms with Gasteiger partial charge in [0.2, 0.25) is 11.8 Å². The summed E-state index contributed by atoms with van der Waals surface area (Å²) in [4.78, 5) is 105. The Morgan fingerprint density at radius 1 is 0.429 bits per heavy atom. The average Bonchev–Trinajstić information content (AvgIpc) is 0.896. The summed E-state index contributed by atoms with van der Waals surface area (Å²) in [7, 11) is -10.4. The van der Waals surface area contributed by atoms with Crippen molar-refractivity contribution < 1.29 is 151 Å². The molecule has 0 aliphatic carbocycles. The van der Waals surface area contributed by atoms with Gasteiger partial charge in [0.15, 0.2) is 24.8 Å². The zero-order valence-electron chi connectivity index (χ0n) is 82.8. The number of amides is 2. The smallest absolute Gasteiger partial charge is 0.462 e. The molecule has 0 bridgehead atoms. The highest BCUT2D eigenvalue weighted by Gasteiger charge is 2.60. The van der Waals surface area contributed by atoms with Gasteiger partial charge in [-0.05, 0) is 81.3 Å². The van der Waals surface area contributed by atoms with Crippen molar-refractivity contribution in [3.05, 3.63) is 323 Å². The molecular weight excluding hydrogens is 1940 g/mol. The molecule has 4 heterocycles. The molecule has 147 heavy (non-hydrogen) atoms. The van der Waals surface area contributed by atoms with Crippen molar-refractivity contribution in [3.8, 4) is 0 Å². The molecule has 0 aromatic heterocycles. The molecule has 792 valence electrons. The second kappa shape index (κ2) is 58.8. The van der Waals surface area contributed by atoms with Crippen LogP contribution in [0.4, 0.5) is 0 Å². The fraction of sp³-hybridized carbons (Fsp3) is 0.450. The second-order valence-corrected chi connectivity index (χ2v) is 38.9. The standard InChI is InChI=1S/C110H132N2O32P2.CH4/c1-7-85(125-63-76-41-23-14-24-42-76)59-97(118)140-105-100(112-94(115)58-88(10-4)137-96(117)12-6)108(144-146(123,132-68-81-51-33-19-34-52-81)133-69-82-53-35-20-36-54-82)139-91(103(105)128-66-79-47-29-17-30-48-79)73-129-107-99(111-93(114)57-87(9-3)136-95(116)11-5)106(141-98(119)60-86(8-2)126-64-77-43-25-15-26-44-77)104(143-145(122)134-70-83-55-37-38-56-84(83)71-135-145)92(138-107)74-131-110(109(121)130-67-80-49-31-18-32-50-80)61-89(113)101(120)102(142-110)90(127-65-78-45-27-16-28-46-78)72-124-62-75-39-21-13-22-40-75;/h13-56,85-92,99-108,113,120H,7-12,57-74H2,1-6H3,(H,111,114)(H,112,115);1H4/t85-,86-,87-,88-,89-,90-,91?,92?,99?,100?,101-,102?,103-,104-,105-,106-,107-,108-,110-;/m1./s1. The summed E-state index contributed by atoms with van der Waals surface area (Å²) >= 11 is 0. The van der Waals surface area contributed by atoms with E-state index in [1.165, 1.54) is 0 Å². The molecule has 0 saturated carbocycles. The summed E-state index contributed by atoms with van der Waals surface area (Å²) in [6, 6.07) is 74.1. The number of esters is 5. The molecule has 9 aromatic carbocycles. The number of aliphatic hydroxyl groups is 2. The predicted molar refractivity (Wildman–Crippen MR) is 536 cm³/mol. The Bertz CT molecular complexity index is 5510. The minimum Gasteiger partial charge on any atom is -0.462 e. The average molecular weight is 2070 g/mol. The molecule has 34 nitrogen and oxygen atoms in total. The van der Waals surface area contributed by atoms with Crippen LogP contribution in [0.15, 0.2) is 267 Å². The summed E-state index contributed by atoms with van der Waals surface area (Å²) in [5, 5.41) is 31.1. The topological polar surface area (TPSA) is 412 Å². The zero-order chi connectivity index (χ0) is 103. The minimum atomic E-state index is -5.21. The molecule has 4 aliphatic rings. The number of phosphoric ester groups is 2. The maximum absolute atomic E-state index is 16.4. The first kappa shape index (κ1) is 115. The Hall–Kier alpha value is -11.0. The van der Waals surface area contributed by atoms with Crippen LogP contribution in [0.25, 0.3) is 0 Å². The largest absolute Gasteiger partial charge is 0.477 e. The lowest BCUT2D eigenvalue weighted by Gasteiger charge is -2.49. The van der Waals surface area contributed by atoms with E-state index < -0.39 is 252 Å². The van der Waals surface area contributed by atoms with Crippen LogP contribution in [-0.4, -0.2) is 188 Å². The molecule has 13 rings (SSSR count). The number of carbonyl (C=O) groups excluding carboxylic acids is 7. The van der Waals surface area contributed by atoms with Gasteiger partial charge in [0.1, 0.15) is 73.6 Å². The first-order valence-electron chi connectivity index (χ1n) is 49.6. The quantitative estimate of drug-likeness (QED) is 0.0156. The van der Waals surface area contributed by atoms with Crippen LogP contribution in [-0.2, 0) is 207 Å². The highest BCUT2D eigenvalue weighted by atomic mass is 31.2. The first-order valence-corrected chi connectivity index (χ1v) is 52.5. The highest BCUT2D eigenvalue weighted by molar-refractivity contribution is 7.48. The number of phosphoric acid groups is 2.